The van der Waals surface area contributed by atoms with Crippen LogP contribution in [0.25, 0.3) is 0 Å². The van der Waals surface area contributed by atoms with Gasteiger partial charge in [-0.2, -0.15) is 0 Å². The van der Waals surface area contributed by atoms with Crippen LogP contribution in [0.4, 0.5) is 5.95 Å². The number of halogens is 1. The number of nitrogens with zero attached hydrogens (tertiary/aromatic N) is 3. The Morgan fingerprint density at radius 3 is 2.52 bits per heavy atom. The molecule has 1 saturated carbocycles. The third-order valence-electron chi connectivity index (χ3n) is 6.07. The molecule has 0 spiro atoms. The lowest BCUT2D eigenvalue weighted by Gasteiger charge is -2.32. The molecule has 2 atom stereocenters. The van der Waals surface area contributed by atoms with Crippen LogP contribution in [-0.2, 0) is 11.2 Å². The van der Waals surface area contributed by atoms with E-state index in [2.05, 4.69) is 14.9 Å². The SMILES string of the molecule is NC(=O)Cc1ccc(OCC[C@@H]2C[C@@H]2C2CCN(c3ncc(Cl)cn3)CC2)cc1. The number of carbonyl (C=O) groups excluding carboxylic acids is 1. The predicted octanol–water partition coefficient (Wildman–Crippen LogP) is 3.48. The van der Waals surface area contributed by atoms with Gasteiger partial charge in [-0.3, -0.25) is 4.79 Å². The summed E-state index contributed by atoms with van der Waals surface area (Å²) < 4.78 is 5.89. The minimum absolute atomic E-state index is 0.271. The zero-order valence-electron chi connectivity index (χ0n) is 16.5. The number of amides is 1. The lowest BCUT2D eigenvalue weighted by molar-refractivity contribution is -0.117. The van der Waals surface area contributed by atoms with Gasteiger partial charge < -0.3 is 15.4 Å². The van der Waals surface area contributed by atoms with Crippen LogP contribution >= 0.6 is 11.6 Å². The average molecular weight is 415 g/mol. The summed E-state index contributed by atoms with van der Waals surface area (Å²) in [5.41, 5.74) is 6.14. The van der Waals surface area contributed by atoms with Gasteiger partial charge in [0.15, 0.2) is 0 Å². The highest BCUT2D eigenvalue weighted by Gasteiger charge is 2.43. The summed E-state index contributed by atoms with van der Waals surface area (Å²) in [6, 6.07) is 7.63. The number of anilines is 1. The van der Waals surface area contributed by atoms with Crippen LogP contribution in [0.3, 0.4) is 0 Å². The molecule has 1 aromatic heterocycles. The van der Waals surface area contributed by atoms with Crippen molar-refractivity contribution in [1.29, 1.82) is 0 Å². The summed E-state index contributed by atoms with van der Waals surface area (Å²) in [6.45, 7) is 2.78. The Balaban J connectivity index is 1.16. The number of benzene rings is 1. The van der Waals surface area contributed by atoms with Gasteiger partial charge in [0.1, 0.15) is 5.75 Å². The van der Waals surface area contributed by atoms with E-state index in [0.29, 0.717) is 5.02 Å². The summed E-state index contributed by atoms with van der Waals surface area (Å²) in [5, 5.41) is 0.577. The van der Waals surface area contributed by atoms with E-state index in [-0.39, 0.29) is 12.3 Å². The van der Waals surface area contributed by atoms with Crippen molar-refractivity contribution in [2.75, 3.05) is 24.6 Å². The minimum Gasteiger partial charge on any atom is -0.494 e. The molecule has 1 amide bonds. The normalized spacial score (nSPS) is 21.8. The molecular weight excluding hydrogens is 388 g/mol. The number of hydrogen-bond donors (Lipinski definition) is 1. The van der Waals surface area contributed by atoms with Crippen molar-refractivity contribution in [3.8, 4) is 5.75 Å². The molecule has 7 heteroatoms. The van der Waals surface area contributed by atoms with E-state index in [1.165, 1.54) is 19.3 Å². The van der Waals surface area contributed by atoms with E-state index >= 15 is 0 Å². The molecule has 6 nitrogen and oxygen atoms in total. The summed E-state index contributed by atoms with van der Waals surface area (Å²) in [7, 11) is 0. The Morgan fingerprint density at radius 1 is 1.17 bits per heavy atom. The molecule has 0 unspecified atom stereocenters. The third-order valence-corrected chi connectivity index (χ3v) is 6.27. The number of carbonyl (C=O) groups is 1. The van der Waals surface area contributed by atoms with Crippen LogP contribution in [0.15, 0.2) is 36.7 Å². The summed E-state index contributed by atoms with van der Waals surface area (Å²) in [5.74, 6) is 3.75. The standard InChI is InChI=1S/C22H27ClN4O2/c23-18-13-25-22(26-14-18)27-8-5-16(6-9-27)20-12-17(20)7-10-29-19-3-1-15(2-4-19)11-21(24)28/h1-4,13-14,16-17,20H,5-12H2,(H2,24,28)/t17-,20-/m1/s1. The van der Waals surface area contributed by atoms with Gasteiger partial charge in [-0.15, -0.1) is 0 Å². The monoisotopic (exact) mass is 414 g/mol. The molecule has 1 aliphatic heterocycles. The first-order valence-corrected chi connectivity index (χ1v) is 10.7. The van der Waals surface area contributed by atoms with E-state index in [4.69, 9.17) is 22.1 Å². The van der Waals surface area contributed by atoms with Crippen molar-refractivity contribution in [2.24, 2.45) is 23.5 Å². The molecule has 2 heterocycles. The minimum atomic E-state index is -0.315. The van der Waals surface area contributed by atoms with Gasteiger partial charge in [0.2, 0.25) is 11.9 Å². The van der Waals surface area contributed by atoms with Crippen molar-refractivity contribution in [3.05, 3.63) is 47.2 Å². The number of aromatic nitrogens is 2. The molecular formula is C22H27ClN4O2. The Morgan fingerprint density at radius 2 is 1.86 bits per heavy atom. The van der Waals surface area contributed by atoms with E-state index in [9.17, 15) is 4.79 Å². The maximum Gasteiger partial charge on any atom is 0.225 e. The smallest absolute Gasteiger partial charge is 0.225 e. The Kier molecular flexibility index (Phi) is 6.19. The first kappa shape index (κ1) is 20.0. The summed E-state index contributed by atoms with van der Waals surface area (Å²) in [4.78, 5) is 21.9. The Labute approximate surface area is 176 Å². The molecule has 2 fully saturated rings. The van der Waals surface area contributed by atoms with Crippen molar-refractivity contribution >= 4 is 23.5 Å². The summed E-state index contributed by atoms with van der Waals surface area (Å²) >= 11 is 5.87. The van der Waals surface area contributed by atoms with E-state index in [1.807, 2.05) is 24.3 Å². The van der Waals surface area contributed by atoms with Crippen LogP contribution < -0.4 is 15.4 Å². The molecule has 154 valence electrons. The fourth-order valence-electron chi connectivity index (χ4n) is 4.41. The lowest BCUT2D eigenvalue weighted by atomic mass is 9.90. The highest BCUT2D eigenvalue weighted by molar-refractivity contribution is 6.30. The molecule has 1 saturated heterocycles. The molecule has 0 bridgehead atoms. The molecule has 4 rings (SSSR count). The quantitative estimate of drug-likeness (QED) is 0.715. The molecule has 2 aromatic rings. The third kappa shape index (κ3) is 5.38. The lowest BCUT2D eigenvalue weighted by Crippen LogP contribution is -2.35. The predicted molar refractivity (Wildman–Crippen MR) is 113 cm³/mol. The second-order valence-electron chi connectivity index (χ2n) is 8.11. The van der Waals surface area contributed by atoms with E-state index < -0.39 is 0 Å². The van der Waals surface area contributed by atoms with Crippen LogP contribution in [-0.4, -0.2) is 35.6 Å². The topological polar surface area (TPSA) is 81.3 Å². The van der Waals surface area contributed by atoms with Gasteiger partial charge in [0, 0.05) is 13.1 Å². The van der Waals surface area contributed by atoms with Gasteiger partial charge in [0.25, 0.3) is 0 Å². The van der Waals surface area contributed by atoms with E-state index in [0.717, 1.165) is 61.1 Å². The number of hydrogen-bond acceptors (Lipinski definition) is 5. The Bertz CT molecular complexity index is 820. The van der Waals surface area contributed by atoms with Gasteiger partial charge in [-0.05, 0) is 61.1 Å². The number of piperidine rings is 1. The highest BCUT2D eigenvalue weighted by Crippen LogP contribution is 2.49. The number of nitrogens with two attached hydrogens (primary N) is 1. The first-order chi connectivity index (χ1) is 14.1. The second kappa shape index (κ2) is 8.99. The fourth-order valence-corrected chi connectivity index (χ4v) is 4.51. The zero-order valence-corrected chi connectivity index (χ0v) is 17.2. The highest BCUT2D eigenvalue weighted by atomic mass is 35.5. The van der Waals surface area contributed by atoms with Gasteiger partial charge >= 0.3 is 0 Å². The number of ether oxygens (including phenoxy) is 1. The van der Waals surface area contributed by atoms with Crippen LogP contribution in [0.1, 0.15) is 31.2 Å². The fraction of sp³-hybridized carbons (Fsp3) is 0.500. The Hall–Kier alpha value is -2.34. The van der Waals surface area contributed by atoms with Crippen molar-refractivity contribution in [3.63, 3.8) is 0 Å². The molecule has 29 heavy (non-hydrogen) atoms. The van der Waals surface area contributed by atoms with Crippen molar-refractivity contribution in [2.45, 2.75) is 32.1 Å². The van der Waals surface area contributed by atoms with Crippen LogP contribution in [0.5, 0.6) is 5.75 Å². The van der Waals surface area contributed by atoms with Crippen LogP contribution in [0.2, 0.25) is 5.02 Å². The van der Waals surface area contributed by atoms with Gasteiger partial charge in [0.05, 0.1) is 30.4 Å². The molecule has 0 radical (unpaired) electrons. The van der Waals surface area contributed by atoms with Crippen molar-refractivity contribution < 1.29 is 9.53 Å². The largest absolute Gasteiger partial charge is 0.494 e. The van der Waals surface area contributed by atoms with Gasteiger partial charge in [-0.25, -0.2) is 9.97 Å². The maximum atomic E-state index is 10.9. The van der Waals surface area contributed by atoms with Crippen molar-refractivity contribution in [1.82, 2.24) is 9.97 Å². The number of rotatable bonds is 8. The van der Waals surface area contributed by atoms with Crippen LogP contribution in [0, 0.1) is 17.8 Å². The van der Waals surface area contributed by atoms with Gasteiger partial charge in [-0.1, -0.05) is 23.7 Å². The summed E-state index contributed by atoms with van der Waals surface area (Å²) in [6.07, 6.45) is 8.44. The second-order valence-corrected chi connectivity index (χ2v) is 8.55. The maximum absolute atomic E-state index is 10.9. The molecule has 2 aliphatic rings. The first-order valence-electron chi connectivity index (χ1n) is 10.3. The zero-order chi connectivity index (χ0) is 20.2. The average Bonchev–Trinajstić information content (AvgIpc) is 3.49. The number of primary amides is 1. The molecule has 1 aromatic carbocycles. The molecule has 2 N–H and O–H groups in total. The van der Waals surface area contributed by atoms with E-state index in [1.54, 1.807) is 12.4 Å². The molecule has 1 aliphatic carbocycles.